The number of rotatable bonds is 1. The minimum Gasteiger partial charge on any atom is -0.205 e. The third-order valence-electron chi connectivity index (χ3n) is 1.76. The van der Waals surface area contributed by atoms with E-state index in [-0.39, 0.29) is 0 Å². The lowest BCUT2D eigenvalue weighted by molar-refractivity contribution is -0.128. The highest BCUT2D eigenvalue weighted by molar-refractivity contribution is 9.09. The average Bonchev–Trinajstić information content (AvgIpc) is 2.14. The maximum atomic E-state index is 13.0. The molecule has 7 heteroatoms. The normalized spacial score (nSPS) is 13.3. The number of benzene rings is 1. The van der Waals surface area contributed by atoms with Gasteiger partial charge < -0.3 is 0 Å². The van der Waals surface area contributed by atoms with Gasteiger partial charge in [-0.3, -0.25) is 0 Å². The molecule has 0 N–H and O–H groups in total. The molecule has 1 aromatic rings. The first-order chi connectivity index (χ1) is 7.27. The molecule has 1 unspecified atom stereocenters. The van der Waals surface area contributed by atoms with Crippen molar-refractivity contribution in [2.45, 2.75) is 11.0 Å². The molecule has 1 rings (SSSR count). The molecule has 0 heterocycles. The summed E-state index contributed by atoms with van der Waals surface area (Å²) in [4.78, 5) is -2.17. The van der Waals surface area contributed by atoms with Crippen molar-refractivity contribution in [2.75, 3.05) is 0 Å². The zero-order valence-electron chi connectivity index (χ0n) is 7.45. The molecule has 0 aliphatic heterocycles. The number of hydrogen-bond acceptors (Lipinski definition) is 1. The van der Waals surface area contributed by atoms with E-state index in [0.29, 0.717) is 12.1 Å². The van der Waals surface area contributed by atoms with Gasteiger partial charge in [-0.2, -0.15) is 18.4 Å². The van der Waals surface area contributed by atoms with Crippen LogP contribution in [0.2, 0.25) is 0 Å². The Morgan fingerprint density at radius 1 is 1.19 bits per heavy atom. The van der Waals surface area contributed by atoms with Gasteiger partial charge in [0.25, 0.3) is 0 Å². The van der Waals surface area contributed by atoms with Crippen LogP contribution in [0.15, 0.2) is 12.1 Å². The lowest BCUT2D eigenvalue weighted by Gasteiger charge is -2.14. The highest BCUT2D eigenvalue weighted by Crippen LogP contribution is 2.40. The van der Waals surface area contributed by atoms with E-state index in [1.165, 1.54) is 6.07 Å². The van der Waals surface area contributed by atoms with Gasteiger partial charge in [0.05, 0.1) is 0 Å². The van der Waals surface area contributed by atoms with Crippen molar-refractivity contribution in [3.8, 4) is 6.07 Å². The summed E-state index contributed by atoms with van der Waals surface area (Å²) in [5.41, 5.74) is -1.52. The Morgan fingerprint density at radius 3 is 1.94 bits per heavy atom. The van der Waals surface area contributed by atoms with E-state index >= 15 is 0 Å². The second-order valence-electron chi connectivity index (χ2n) is 2.88. The van der Waals surface area contributed by atoms with Crippen molar-refractivity contribution < 1.29 is 22.0 Å². The summed E-state index contributed by atoms with van der Waals surface area (Å²) in [7, 11) is 0. The predicted octanol–water partition coefficient (Wildman–Crippen LogP) is 3.83. The van der Waals surface area contributed by atoms with Gasteiger partial charge in [-0.25, -0.2) is 8.78 Å². The first-order valence-corrected chi connectivity index (χ1v) is 4.78. The molecule has 86 valence electrons. The molecule has 0 fully saturated rings. The van der Waals surface area contributed by atoms with Crippen molar-refractivity contribution >= 4 is 15.9 Å². The van der Waals surface area contributed by atoms with Crippen molar-refractivity contribution in [3.63, 3.8) is 0 Å². The van der Waals surface area contributed by atoms with Crippen LogP contribution in [0, 0.1) is 23.0 Å². The Balaban J connectivity index is 3.25. The monoisotopic (exact) mass is 299 g/mol. The average molecular weight is 300 g/mol. The first kappa shape index (κ1) is 12.9. The van der Waals surface area contributed by atoms with Crippen LogP contribution in [0.25, 0.3) is 0 Å². The van der Waals surface area contributed by atoms with Gasteiger partial charge in [0, 0.05) is 0 Å². The maximum absolute atomic E-state index is 13.0. The summed E-state index contributed by atoms with van der Waals surface area (Å²) in [5.74, 6) is -2.63. The van der Waals surface area contributed by atoms with Crippen molar-refractivity contribution in [1.82, 2.24) is 0 Å². The molecular formula is C9H3BrF5N. The summed E-state index contributed by atoms with van der Waals surface area (Å²) in [6, 6.07) is 2.18. The fourth-order valence-electron chi connectivity index (χ4n) is 1.03. The number of halogens is 6. The standard InChI is InChI=1S/C9H3BrF5N/c10-8(9(13,14)15)4-1-6(11)5(3-16)7(12)2-4/h1-2,8H. The van der Waals surface area contributed by atoms with Gasteiger partial charge in [-0.05, 0) is 17.7 Å². The summed E-state index contributed by atoms with van der Waals surface area (Å²) in [6.07, 6.45) is -4.66. The van der Waals surface area contributed by atoms with Crippen molar-refractivity contribution in [3.05, 3.63) is 34.9 Å². The molecule has 0 spiro atoms. The highest BCUT2D eigenvalue weighted by atomic mass is 79.9. The van der Waals surface area contributed by atoms with Crippen LogP contribution in [-0.4, -0.2) is 6.18 Å². The van der Waals surface area contributed by atoms with Crippen molar-refractivity contribution in [2.24, 2.45) is 0 Å². The van der Waals surface area contributed by atoms with Gasteiger partial charge in [0.2, 0.25) is 0 Å². The molecule has 1 atom stereocenters. The third kappa shape index (κ3) is 2.50. The molecule has 16 heavy (non-hydrogen) atoms. The van der Waals surface area contributed by atoms with Gasteiger partial charge >= 0.3 is 6.18 Å². The van der Waals surface area contributed by atoms with Gasteiger partial charge in [-0.1, -0.05) is 15.9 Å². The highest BCUT2D eigenvalue weighted by Gasteiger charge is 2.39. The molecule has 1 aromatic carbocycles. The van der Waals surface area contributed by atoms with E-state index in [2.05, 4.69) is 15.9 Å². The fraction of sp³-hybridized carbons (Fsp3) is 0.222. The van der Waals surface area contributed by atoms with Gasteiger partial charge in [0.15, 0.2) is 0 Å². The largest absolute Gasteiger partial charge is 0.405 e. The second-order valence-corrected chi connectivity index (χ2v) is 3.79. The van der Waals surface area contributed by atoms with Gasteiger partial charge in [0.1, 0.15) is 28.1 Å². The van der Waals surface area contributed by atoms with Crippen molar-refractivity contribution in [1.29, 1.82) is 5.26 Å². The van der Waals surface area contributed by atoms with Crippen LogP contribution in [0.1, 0.15) is 16.0 Å². The maximum Gasteiger partial charge on any atom is 0.405 e. The lowest BCUT2D eigenvalue weighted by atomic mass is 10.1. The molecule has 0 bridgehead atoms. The third-order valence-corrected chi connectivity index (χ3v) is 2.80. The molecule has 0 aromatic heterocycles. The number of nitrogens with zero attached hydrogens (tertiary/aromatic N) is 1. The SMILES string of the molecule is N#Cc1c(F)cc(C(Br)C(F)(F)F)cc1F. The zero-order valence-corrected chi connectivity index (χ0v) is 9.03. The number of alkyl halides is 4. The topological polar surface area (TPSA) is 23.8 Å². The first-order valence-electron chi connectivity index (χ1n) is 3.87. The Bertz CT molecular complexity index is 425. The summed E-state index contributed by atoms with van der Waals surface area (Å²) in [5, 5.41) is 8.32. The van der Waals surface area contributed by atoms with E-state index in [1.54, 1.807) is 0 Å². The molecule has 1 nitrogen and oxygen atoms in total. The van der Waals surface area contributed by atoms with E-state index in [9.17, 15) is 22.0 Å². The Morgan fingerprint density at radius 2 is 1.62 bits per heavy atom. The van der Waals surface area contributed by atoms with Crippen LogP contribution in [0.5, 0.6) is 0 Å². The lowest BCUT2D eigenvalue weighted by Crippen LogP contribution is -2.15. The van der Waals surface area contributed by atoms with Crippen LogP contribution >= 0.6 is 15.9 Å². The fourth-order valence-corrected chi connectivity index (χ4v) is 1.30. The Labute approximate surface area is 95.6 Å². The zero-order chi connectivity index (χ0) is 12.5. The molecule has 0 aliphatic carbocycles. The van der Waals surface area contributed by atoms with Crippen LogP contribution < -0.4 is 0 Å². The molecule has 0 aliphatic rings. The molecule has 0 amide bonds. The smallest absolute Gasteiger partial charge is 0.205 e. The number of nitriles is 1. The van der Waals surface area contributed by atoms with Gasteiger partial charge in [-0.15, -0.1) is 0 Å². The molecule has 0 saturated carbocycles. The summed E-state index contributed by atoms with van der Waals surface area (Å²) < 4.78 is 62.7. The van der Waals surface area contributed by atoms with E-state index in [1.807, 2.05) is 0 Å². The summed E-state index contributed by atoms with van der Waals surface area (Å²) >= 11 is 2.28. The predicted molar refractivity (Wildman–Crippen MR) is 48.8 cm³/mol. The minimum absolute atomic E-state index is 0.481. The molecule has 0 saturated heterocycles. The molecule has 0 radical (unpaired) electrons. The Hall–Kier alpha value is -1.16. The number of hydrogen-bond donors (Lipinski definition) is 0. The van der Waals surface area contributed by atoms with Crippen LogP contribution in [0.3, 0.4) is 0 Å². The summed E-state index contributed by atoms with van der Waals surface area (Å²) in [6.45, 7) is 0. The van der Waals surface area contributed by atoms with E-state index in [4.69, 9.17) is 5.26 Å². The van der Waals surface area contributed by atoms with Crippen LogP contribution in [0.4, 0.5) is 22.0 Å². The minimum atomic E-state index is -4.66. The van der Waals surface area contributed by atoms with Crippen LogP contribution in [-0.2, 0) is 0 Å². The van der Waals surface area contributed by atoms with E-state index < -0.39 is 33.8 Å². The quantitative estimate of drug-likeness (QED) is 0.571. The van der Waals surface area contributed by atoms with E-state index in [0.717, 1.165) is 0 Å². The molecular weight excluding hydrogens is 297 g/mol. The Kier molecular flexibility index (Phi) is 3.53. The second kappa shape index (κ2) is 4.37.